The minimum Gasteiger partial charge on any atom is -0.464 e. The number of esters is 1. The summed E-state index contributed by atoms with van der Waals surface area (Å²) in [4.78, 5) is 19.2. The van der Waals surface area contributed by atoms with Crippen LogP contribution in [-0.2, 0) is 14.8 Å². The molecule has 0 unspecified atom stereocenters. The number of anilines is 1. The Balaban J connectivity index is 2.37. The Kier molecular flexibility index (Phi) is 4.59. The lowest BCUT2D eigenvalue weighted by atomic mass is 10.3. The molecule has 0 saturated carbocycles. The summed E-state index contributed by atoms with van der Waals surface area (Å²) in [6.07, 6.45) is 1.37. The van der Waals surface area contributed by atoms with Crippen molar-refractivity contribution >= 4 is 48.9 Å². The van der Waals surface area contributed by atoms with Crippen molar-refractivity contribution in [2.75, 3.05) is 11.8 Å². The van der Waals surface area contributed by atoms with Gasteiger partial charge in [-0.1, -0.05) is 0 Å². The minimum atomic E-state index is -3.94. The van der Waals surface area contributed by atoms with Crippen molar-refractivity contribution in [2.24, 2.45) is 0 Å². The molecule has 2 rings (SSSR count). The monoisotopic (exact) mass is 391 g/mol. The molecule has 0 spiro atoms. The molecule has 0 amide bonds. The molecule has 0 atom stereocenters. The maximum Gasteiger partial charge on any atom is 0.358 e. The van der Waals surface area contributed by atoms with Gasteiger partial charge in [-0.05, 0) is 34.5 Å². The van der Waals surface area contributed by atoms with Crippen molar-refractivity contribution < 1.29 is 17.9 Å². The fraction of sp³-hybridized carbons (Fsp3) is 0.182. The van der Waals surface area contributed by atoms with E-state index in [1.807, 2.05) is 0 Å². The zero-order valence-electron chi connectivity index (χ0n) is 11.0. The van der Waals surface area contributed by atoms with E-state index in [4.69, 9.17) is 0 Å². The smallest absolute Gasteiger partial charge is 0.358 e. The van der Waals surface area contributed by atoms with Crippen molar-refractivity contribution in [3.63, 3.8) is 0 Å². The second-order valence-electron chi connectivity index (χ2n) is 3.92. The van der Waals surface area contributed by atoms with E-state index in [0.29, 0.717) is 10.3 Å². The van der Waals surface area contributed by atoms with Gasteiger partial charge in [-0.15, -0.1) is 11.3 Å². The summed E-state index contributed by atoms with van der Waals surface area (Å²) in [6, 6.07) is 1.62. The van der Waals surface area contributed by atoms with Crippen LogP contribution in [0.3, 0.4) is 0 Å². The van der Waals surface area contributed by atoms with Gasteiger partial charge in [0, 0.05) is 0 Å². The third-order valence-electron chi connectivity index (χ3n) is 2.42. The molecular weight excluding hydrogens is 382 g/mol. The maximum absolute atomic E-state index is 12.3. The van der Waals surface area contributed by atoms with Crippen molar-refractivity contribution in [3.8, 4) is 0 Å². The van der Waals surface area contributed by atoms with Crippen LogP contribution in [0.15, 0.2) is 26.6 Å². The number of ether oxygens (including phenoxy) is 1. The van der Waals surface area contributed by atoms with Crippen molar-refractivity contribution in [3.05, 3.63) is 33.6 Å². The zero-order valence-corrected chi connectivity index (χ0v) is 14.2. The SMILES string of the molecule is COC(=O)c1ncsc1S(=O)(=O)Nc1cnc(Br)c(C)c1. The molecule has 10 heteroatoms. The Bertz CT molecular complexity index is 789. The average Bonchev–Trinajstić information content (AvgIpc) is 2.92. The molecule has 0 saturated heterocycles. The van der Waals surface area contributed by atoms with E-state index in [2.05, 4.69) is 35.4 Å². The molecule has 0 fully saturated rings. The van der Waals surface area contributed by atoms with Crippen molar-refractivity contribution in [1.29, 1.82) is 0 Å². The number of carbonyl (C=O) groups is 1. The highest BCUT2D eigenvalue weighted by molar-refractivity contribution is 9.10. The molecule has 0 aliphatic carbocycles. The van der Waals surface area contributed by atoms with E-state index in [9.17, 15) is 13.2 Å². The Labute approximate surface area is 133 Å². The largest absolute Gasteiger partial charge is 0.464 e. The van der Waals surface area contributed by atoms with E-state index < -0.39 is 16.0 Å². The molecule has 7 nitrogen and oxygen atoms in total. The first-order valence-corrected chi connectivity index (χ1v) is 8.67. The topological polar surface area (TPSA) is 98.2 Å². The molecule has 2 aromatic rings. The standard InChI is InChI=1S/C11H10BrN3O4S2/c1-6-3-7(4-13-9(6)12)15-21(17,18)11-8(10(16)19-2)14-5-20-11/h3-5,15H,1-2H3. The Morgan fingerprint density at radius 3 is 2.76 bits per heavy atom. The summed E-state index contributed by atoms with van der Waals surface area (Å²) in [5.41, 5.74) is 2.09. The van der Waals surface area contributed by atoms with Crippen LogP contribution in [0.5, 0.6) is 0 Å². The molecule has 0 bridgehead atoms. The minimum absolute atomic E-state index is 0.199. The van der Waals surface area contributed by atoms with E-state index in [-0.39, 0.29) is 9.90 Å². The third kappa shape index (κ3) is 3.39. The van der Waals surface area contributed by atoms with E-state index in [0.717, 1.165) is 24.0 Å². The first kappa shape index (κ1) is 15.9. The van der Waals surface area contributed by atoms with Gasteiger partial charge in [0.1, 0.15) is 4.60 Å². The highest BCUT2D eigenvalue weighted by Crippen LogP contribution is 2.25. The van der Waals surface area contributed by atoms with Gasteiger partial charge in [-0.25, -0.2) is 23.2 Å². The number of rotatable bonds is 4. The fourth-order valence-electron chi connectivity index (χ4n) is 1.47. The summed E-state index contributed by atoms with van der Waals surface area (Å²) < 4.78 is 31.9. The molecular formula is C11H10BrN3O4S2. The summed E-state index contributed by atoms with van der Waals surface area (Å²) in [6.45, 7) is 1.78. The average molecular weight is 392 g/mol. The van der Waals surface area contributed by atoms with E-state index in [1.165, 1.54) is 11.7 Å². The number of thiazole rings is 1. The van der Waals surface area contributed by atoms with Crippen LogP contribution in [0.25, 0.3) is 0 Å². The fourth-order valence-corrected chi connectivity index (χ4v) is 3.86. The Morgan fingerprint density at radius 2 is 2.14 bits per heavy atom. The lowest BCUT2D eigenvalue weighted by Crippen LogP contribution is -2.16. The molecule has 112 valence electrons. The second-order valence-corrected chi connectivity index (χ2v) is 7.40. The van der Waals surface area contributed by atoms with Crippen LogP contribution >= 0.6 is 27.3 Å². The number of carbonyl (C=O) groups excluding carboxylic acids is 1. The second kappa shape index (κ2) is 6.08. The van der Waals surface area contributed by atoms with Gasteiger partial charge in [0.05, 0.1) is 24.5 Å². The van der Waals surface area contributed by atoms with Crippen LogP contribution in [0.1, 0.15) is 16.1 Å². The number of halogens is 1. The van der Waals surface area contributed by atoms with Gasteiger partial charge < -0.3 is 4.74 Å². The molecule has 0 aliphatic rings. The number of methoxy groups -OCH3 is 1. The highest BCUT2D eigenvalue weighted by atomic mass is 79.9. The first-order valence-electron chi connectivity index (χ1n) is 5.52. The number of hydrogen-bond acceptors (Lipinski definition) is 7. The van der Waals surface area contributed by atoms with Gasteiger partial charge in [0.15, 0.2) is 9.90 Å². The number of aryl methyl sites for hydroxylation is 1. The molecule has 2 aromatic heterocycles. The highest BCUT2D eigenvalue weighted by Gasteiger charge is 2.26. The summed E-state index contributed by atoms with van der Waals surface area (Å²) in [7, 11) is -2.78. The Hall–Kier alpha value is -1.52. The van der Waals surface area contributed by atoms with Crippen LogP contribution in [0, 0.1) is 6.92 Å². The van der Waals surface area contributed by atoms with Crippen molar-refractivity contribution in [1.82, 2.24) is 9.97 Å². The summed E-state index contributed by atoms with van der Waals surface area (Å²) in [5, 5.41) is 0. The number of aromatic nitrogens is 2. The van der Waals surface area contributed by atoms with E-state index >= 15 is 0 Å². The molecule has 0 aromatic carbocycles. The van der Waals surface area contributed by atoms with Gasteiger partial charge in [0.2, 0.25) is 0 Å². The van der Waals surface area contributed by atoms with Gasteiger partial charge in [-0.3, -0.25) is 4.72 Å². The number of nitrogens with zero attached hydrogens (tertiary/aromatic N) is 2. The zero-order chi connectivity index (χ0) is 15.6. The van der Waals surface area contributed by atoms with Gasteiger partial charge >= 0.3 is 5.97 Å². The number of sulfonamides is 1. The third-order valence-corrected chi connectivity index (χ3v) is 6.01. The number of hydrogen-bond donors (Lipinski definition) is 1. The predicted octanol–water partition coefficient (Wildman–Crippen LogP) is 2.20. The molecule has 0 aliphatic heterocycles. The lowest BCUT2D eigenvalue weighted by Gasteiger charge is -2.08. The first-order chi connectivity index (χ1) is 9.85. The number of nitrogens with one attached hydrogen (secondary N) is 1. The van der Waals surface area contributed by atoms with Crippen LogP contribution in [-0.4, -0.2) is 31.5 Å². The number of pyridine rings is 1. The van der Waals surface area contributed by atoms with Crippen LogP contribution in [0.4, 0.5) is 5.69 Å². The van der Waals surface area contributed by atoms with Crippen molar-refractivity contribution in [2.45, 2.75) is 11.1 Å². The summed E-state index contributed by atoms with van der Waals surface area (Å²) >= 11 is 4.06. The van der Waals surface area contributed by atoms with Crippen LogP contribution in [0.2, 0.25) is 0 Å². The predicted molar refractivity (Wildman–Crippen MR) is 80.9 cm³/mol. The lowest BCUT2D eigenvalue weighted by molar-refractivity contribution is 0.0590. The molecule has 1 N–H and O–H groups in total. The van der Waals surface area contributed by atoms with Crippen LogP contribution < -0.4 is 4.72 Å². The maximum atomic E-state index is 12.3. The normalized spacial score (nSPS) is 11.2. The molecule has 21 heavy (non-hydrogen) atoms. The Morgan fingerprint density at radius 1 is 1.43 bits per heavy atom. The van der Waals surface area contributed by atoms with Gasteiger partial charge in [-0.2, -0.15) is 0 Å². The summed E-state index contributed by atoms with van der Waals surface area (Å²) in [5.74, 6) is -0.804. The molecule has 0 radical (unpaired) electrons. The molecule has 2 heterocycles. The quantitative estimate of drug-likeness (QED) is 0.633. The van der Waals surface area contributed by atoms with E-state index in [1.54, 1.807) is 13.0 Å². The van der Waals surface area contributed by atoms with Gasteiger partial charge in [0.25, 0.3) is 10.0 Å².